The number of nitrogen functional groups attached to an aromatic ring is 1. The van der Waals surface area contributed by atoms with Gasteiger partial charge in [0.1, 0.15) is 12.0 Å². The van der Waals surface area contributed by atoms with Crippen LogP contribution in [-0.2, 0) is 13.0 Å². The van der Waals surface area contributed by atoms with Crippen LogP contribution in [0, 0.1) is 0 Å². The zero-order valence-electron chi connectivity index (χ0n) is 20.2. The Balaban J connectivity index is 1.66. The van der Waals surface area contributed by atoms with Crippen molar-refractivity contribution >= 4 is 40.3 Å². The number of aromatic nitrogens is 1. The number of ether oxygens (including phenoxy) is 1. The smallest absolute Gasteiger partial charge is 0.150 e. The van der Waals surface area contributed by atoms with Crippen LogP contribution in [0.4, 0.5) is 11.4 Å². The number of benzodiazepines with no additional fused rings is 1. The number of aliphatic imine (C=N–C) groups is 1. The van der Waals surface area contributed by atoms with Gasteiger partial charge in [0.15, 0.2) is 0 Å². The molecule has 0 bridgehead atoms. The minimum Gasteiger partial charge on any atom is -0.497 e. The molecular weight excluding hydrogens is 507 g/mol. The monoisotopic (exact) mass is 532 g/mol. The Morgan fingerprint density at radius 1 is 1.00 bits per heavy atom. The van der Waals surface area contributed by atoms with Gasteiger partial charge >= 0.3 is 0 Å². The van der Waals surface area contributed by atoms with Crippen molar-refractivity contribution in [2.24, 2.45) is 4.99 Å². The molecule has 1 aromatic heterocycles. The third-order valence-corrected chi connectivity index (χ3v) is 7.02. The third kappa shape index (κ3) is 5.42. The number of hydrogen-bond donors (Lipinski definition) is 2. The highest BCUT2D eigenvalue weighted by Crippen LogP contribution is 2.35. The van der Waals surface area contributed by atoms with E-state index >= 15 is 0 Å². The second kappa shape index (κ2) is 10.8. The minimum absolute atomic E-state index is 0.431. The van der Waals surface area contributed by atoms with Crippen molar-refractivity contribution in [3.8, 4) is 5.75 Å². The molecule has 5 rings (SSSR count). The first kappa shape index (κ1) is 25.1. The van der Waals surface area contributed by atoms with Gasteiger partial charge in [0.25, 0.3) is 0 Å². The molecule has 8 heteroatoms. The molecule has 0 saturated heterocycles. The Kier molecular flexibility index (Phi) is 7.33. The first-order chi connectivity index (χ1) is 17.9. The van der Waals surface area contributed by atoms with Gasteiger partial charge in [-0.25, -0.2) is 0 Å². The Morgan fingerprint density at radius 3 is 2.51 bits per heavy atom. The lowest BCUT2D eigenvalue weighted by molar-refractivity contribution is 0.139. The molecule has 4 aromatic rings. The maximum Gasteiger partial charge on any atom is 0.150 e. The van der Waals surface area contributed by atoms with Crippen LogP contribution < -0.4 is 15.4 Å². The number of fused-ring (bicyclic) bond motifs is 1. The highest BCUT2D eigenvalue weighted by atomic mass is 35.5. The number of nitrogens with two attached hydrogens (primary N) is 1. The quantitative estimate of drug-likeness (QED) is 0.329. The molecule has 0 amide bonds. The number of halogens is 2. The number of benzene rings is 3. The van der Waals surface area contributed by atoms with E-state index in [1.807, 2.05) is 77.7 Å². The van der Waals surface area contributed by atoms with Gasteiger partial charge < -0.3 is 20.5 Å². The lowest BCUT2D eigenvalue weighted by Crippen LogP contribution is -2.43. The number of nitrogens with zero attached hydrogens (tertiary/aromatic N) is 3. The summed E-state index contributed by atoms with van der Waals surface area (Å²) >= 11 is 13.0. The predicted octanol–water partition coefficient (Wildman–Crippen LogP) is 5.77. The second-order valence-corrected chi connectivity index (χ2v) is 9.74. The molecule has 0 saturated carbocycles. The fourth-order valence-electron chi connectivity index (χ4n) is 4.56. The maximum absolute atomic E-state index is 11.8. The van der Waals surface area contributed by atoms with E-state index in [2.05, 4.69) is 4.98 Å². The lowest BCUT2D eigenvalue weighted by Gasteiger charge is -2.33. The topological polar surface area (TPSA) is 84.0 Å². The predicted molar refractivity (Wildman–Crippen MR) is 150 cm³/mol. The van der Waals surface area contributed by atoms with Gasteiger partial charge in [0.2, 0.25) is 0 Å². The first-order valence-electron chi connectivity index (χ1n) is 11.8. The molecule has 2 atom stereocenters. The van der Waals surface area contributed by atoms with Gasteiger partial charge in [-0.2, -0.15) is 0 Å². The van der Waals surface area contributed by atoms with Gasteiger partial charge in [-0.3, -0.25) is 9.98 Å². The van der Waals surface area contributed by atoms with E-state index in [0.29, 0.717) is 34.4 Å². The van der Waals surface area contributed by atoms with E-state index in [4.69, 9.17) is 38.7 Å². The Bertz CT molecular complexity index is 1440. The average molecular weight is 533 g/mol. The van der Waals surface area contributed by atoms with Gasteiger partial charge in [0.05, 0.1) is 24.6 Å². The first-order valence-corrected chi connectivity index (χ1v) is 12.6. The summed E-state index contributed by atoms with van der Waals surface area (Å²) in [5, 5.41) is 13.0. The summed E-state index contributed by atoms with van der Waals surface area (Å²) in [4.78, 5) is 11.3. The molecule has 37 heavy (non-hydrogen) atoms. The molecule has 3 aromatic carbocycles. The van der Waals surface area contributed by atoms with E-state index in [0.717, 1.165) is 33.7 Å². The van der Waals surface area contributed by atoms with E-state index in [1.165, 1.54) is 0 Å². The summed E-state index contributed by atoms with van der Waals surface area (Å²) in [5.41, 5.74) is 11.5. The largest absolute Gasteiger partial charge is 0.497 e. The molecule has 0 radical (unpaired) electrons. The lowest BCUT2D eigenvalue weighted by atomic mass is 10.0. The molecule has 0 aliphatic carbocycles. The van der Waals surface area contributed by atoms with Crippen LogP contribution in [0.3, 0.4) is 0 Å². The van der Waals surface area contributed by atoms with Crippen LogP contribution in [0.5, 0.6) is 5.75 Å². The highest BCUT2D eigenvalue weighted by Gasteiger charge is 2.33. The van der Waals surface area contributed by atoms with Gasteiger partial charge in [-0.1, -0.05) is 53.5 Å². The highest BCUT2D eigenvalue weighted by molar-refractivity contribution is 6.32. The van der Waals surface area contributed by atoms with Crippen LogP contribution in [0.1, 0.15) is 22.3 Å². The average Bonchev–Trinajstić information content (AvgIpc) is 3.01. The zero-order chi connectivity index (χ0) is 25.9. The molecule has 6 nitrogen and oxygen atoms in total. The summed E-state index contributed by atoms with van der Waals surface area (Å²) in [6.07, 6.45) is 2.79. The van der Waals surface area contributed by atoms with E-state index in [9.17, 15) is 5.11 Å². The summed E-state index contributed by atoms with van der Waals surface area (Å²) in [6, 6.07) is 22.3. The number of aliphatic hydroxyl groups excluding tert-OH is 1. The van der Waals surface area contributed by atoms with Crippen molar-refractivity contribution in [3.63, 3.8) is 0 Å². The zero-order valence-corrected chi connectivity index (χ0v) is 21.7. The number of hydrogen-bond acceptors (Lipinski definition) is 6. The second-order valence-electron chi connectivity index (χ2n) is 8.90. The van der Waals surface area contributed by atoms with E-state index in [-0.39, 0.29) is 0 Å². The molecule has 0 fully saturated rings. The van der Waals surface area contributed by atoms with Crippen molar-refractivity contribution in [2.75, 3.05) is 17.7 Å². The molecule has 0 spiro atoms. The van der Waals surface area contributed by atoms with Crippen molar-refractivity contribution in [3.05, 3.63) is 117 Å². The van der Waals surface area contributed by atoms with Crippen molar-refractivity contribution in [1.29, 1.82) is 0 Å². The van der Waals surface area contributed by atoms with Crippen LogP contribution in [0.25, 0.3) is 0 Å². The van der Waals surface area contributed by atoms with Crippen LogP contribution >= 0.6 is 23.2 Å². The SMILES string of the molecule is COc1ccc(CN2c3ccc(Cl)cc3C(c3cncc(N)c3)=NC(Cc3ccccc3Cl)C2O)cc1. The van der Waals surface area contributed by atoms with Gasteiger partial charge in [-0.05, 0) is 53.6 Å². The molecule has 1 aliphatic rings. The molecule has 2 heterocycles. The summed E-state index contributed by atoms with van der Waals surface area (Å²) in [5.74, 6) is 0.767. The van der Waals surface area contributed by atoms with Gasteiger partial charge in [0, 0.05) is 52.2 Å². The van der Waals surface area contributed by atoms with Gasteiger partial charge in [-0.15, -0.1) is 0 Å². The Hall–Kier alpha value is -3.58. The summed E-state index contributed by atoms with van der Waals surface area (Å²) in [7, 11) is 1.64. The number of anilines is 2. The number of aliphatic hydroxyl groups is 1. The van der Waals surface area contributed by atoms with Crippen molar-refractivity contribution < 1.29 is 9.84 Å². The number of rotatable bonds is 6. The molecule has 188 valence electrons. The van der Waals surface area contributed by atoms with E-state index < -0.39 is 12.3 Å². The number of pyridine rings is 1. The normalized spacial score (nSPS) is 17.1. The van der Waals surface area contributed by atoms with Crippen molar-refractivity contribution in [1.82, 2.24) is 4.98 Å². The maximum atomic E-state index is 11.8. The molecular formula is C29H26Cl2N4O2. The van der Waals surface area contributed by atoms with E-state index in [1.54, 1.807) is 19.5 Å². The molecule has 3 N–H and O–H groups in total. The minimum atomic E-state index is -0.954. The Morgan fingerprint density at radius 2 is 1.78 bits per heavy atom. The molecule has 1 aliphatic heterocycles. The third-order valence-electron chi connectivity index (χ3n) is 6.41. The van der Waals surface area contributed by atoms with Crippen LogP contribution in [-0.4, -0.2) is 35.2 Å². The van der Waals surface area contributed by atoms with Crippen LogP contribution in [0.15, 0.2) is 90.2 Å². The fourth-order valence-corrected chi connectivity index (χ4v) is 4.95. The summed E-state index contributed by atoms with van der Waals surface area (Å²) < 4.78 is 5.31. The Labute approximate surface area is 226 Å². The standard InChI is InChI=1S/C29H26Cl2N4O2/c1-37-23-9-6-18(7-10-23)17-35-27-11-8-21(30)14-24(27)28(20-12-22(32)16-33-15-20)34-26(29(35)36)13-19-4-2-3-5-25(19)31/h2-12,14-16,26,29,36H,13,17,32H2,1H3. The fraction of sp³-hybridized carbons (Fsp3) is 0.172. The van der Waals surface area contributed by atoms with Crippen LogP contribution in [0.2, 0.25) is 10.0 Å². The molecule has 2 unspecified atom stereocenters. The van der Waals surface area contributed by atoms with Crippen molar-refractivity contribution in [2.45, 2.75) is 25.2 Å². The summed E-state index contributed by atoms with van der Waals surface area (Å²) in [6.45, 7) is 0.441. The number of methoxy groups -OCH3 is 1.